The van der Waals surface area contributed by atoms with Gasteiger partial charge in [0.2, 0.25) is 10.0 Å². The van der Waals surface area contributed by atoms with E-state index >= 15 is 0 Å². The first-order valence-electron chi connectivity index (χ1n) is 8.81. The van der Waals surface area contributed by atoms with Gasteiger partial charge in [0.15, 0.2) is 0 Å². The summed E-state index contributed by atoms with van der Waals surface area (Å²) in [5, 5.41) is 0. The summed E-state index contributed by atoms with van der Waals surface area (Å²) < 4.78 is 54.5. The quantitative estimate of drug-likeness (QED) is 0.841. The number of aryl methyl sites for hydroxylation is 3. The van der Waals surface area contributed by atoms with Crippen LogP contribution in [0.2, 0.25) is 0 Å². The van der Waals surface area contributed by atoms with Crippen molar-refractivity contribution >= 4 is 31.4 Å². The molecule has 0 atom stereocenters. The van der Waals surface area contributed by atoms with Crippen LogP contribution >= 0.6 is 0 Å². The molecule has 146 valence electrons. The van der Waals surface area contributed by atoms with E-state index in [0.29, 0.717) is 35.5 Å². The van der Waals surface area contributed by atoms with Gasteiger partial charge >= 0.3 is 0 Å². The third-order valence-corrected chi connectivity index (χ3v) is 8.05. The van der Waals surface area contributed by atoms with E-state index in [1.54, 1.807) is 44.2 Å². The first kappa shape index (κ1) is 19.7. The summed E-state index contributed by atoms with van der Waals surface area (Å²) >= 11 is 0. The zero-order valence-corrected chi connectivity index (χ0v) is 17.3. The molecule has 27 heavy (non-hydrogen) atoms. The number of benzene rings is 2. The molecule has 1 saturated heterocycles. The highest BCUT2D eigenvalue weighted by Crippen LogP contribution is 2.31. The molecule has 0 aromatic heterocycles. The SMILES string of the molecule is Cc1cccc(NS(=O)(=O)c2cc(C)c(N3CCCCS3(=O)=O)cc2C)c1. The first-order chi connectivity index (χ1) is 12.6. The Balaban J connectivity index is 1.99. The fraction of sp³-hybridized carbons (Fsp3) is 0.368. The fourth-order valence-electron chi connectivity index (χ4n) is 3.31. The largest absolute Gasteiger partial charge is 0.280 e. The maximum absolute atomic E-state index is 12.9. The maximum Gasteiger partial charge on any atom is 0.262 e. The lowest BCUT2D eigenvalue weighted by Crippen LogP contribution is -2.38. The van der Waals surface area contributed by atoms with E-state index < -0.39 is 20.0 Å². The van der Waals surface area contributed by atoms with Gasteiger partial charge in [0, 0.05) is 12.2 Å². The summed E-state index contributed by atoms with van der Waals surface area (Å²) in [5.41, 5.74) is 3.14. The highest BCUT2D eigenvalue weighted by Gasteiger charge is 2.28. The standard InChI is InChI=1S/C19H24N2O4S2/c1-14-7-6-8-17(11-14)20-27(24,25)19-13-15(2)18(12-16(19)3)21-9-4-5-10-26(21,22)23/h6-8,11-13,20H,4-5,9-10H2,1-3H3. The van der Waals surface area contributed by atoms with Gasteiger partial charge in [-0.25, -0.2) is 16.8 Å². The van der Waals surface area contributed by atoms with Gasteiger partial charge in [-0.05, 0) is 74.6 Å². The molecular formula is C19H24N2O4S2. The van der Waals surface area contributed by atoms with Crippen molar-refractivity contribution in [2.75, 3.05) is 21.3 Å². The molecule has 1 heterocycles. The first-order valence-corrected chi connectivity index (χ1v) is 11.9. The molecule has 1 N–H and O–H groups in total. The summed E-state index contributed by atoms with van der Waals surface area (Å²) in [5.74, 6) is 0.125. The Morgan fingerprint density at radius 1 is 1.00 bits per heavy atom. The second-order valence-electron chi connectivity index (χ2n) is 6.97. The minimum atomic E-state index is -3.78. The van der Waals surface area contributed by atoms with Crippen LogP contribution in [0.5, 0.6) is 0 Å². The lowest BCUT2D eigenvalue weighted by Gasteiger charge is -2.30. The van der Waals surface area contributed by atoms with Crippen LogP contribution in [0.4, 0.5) is 11.4 Å². The number of hydrogen-bond donors (Lipinski definition) is 1. The molecular weight excluding hydrogens is 384 g/mol. The number of anilines is 2. The smallest absolute Gasteiger partial charge is 0.262 e. The van der Waals surface area contributed by atoms with Crippen LogP contribution in [0.25, 0.3) is 0 Å². The van der Waals surface area contributed by atoms with Crippen LogP contribution in [0.3, 0.4) is 0 Å². The van der Waals surface area contributed by atoms with Crippen molar-refractivity contribution in [2.45, 2.75) is 38.5 Å². The van der Waals surface area contributed by atoms with E-state index in [4.69, 9.17) is 0 Å². The molecule has 1 aliphatic rings. The zero-order chi connectivity index (χ0) is 19.8. The van der Waals surface area contributed by atoms with Crippen molar-refractivity contribution < 1.29 is 16.8 Å². The van der Waals surface area contributed by atoms with Gasteiger partial charge in [0.05, 0.1) is 16.3 Å². The van der Waals surface area contributed by atoms with Crippen LogP contribution in [0.15, 0.2) is 41.3 Å². The van der Waals surface area contributed by atoms with E-state index in [0.717, 1.165) is 12.0 Å². The number of nitrogens with one attached hydrogen (secondary N) is 1. The summed E-state index contributed by atoms with van der Waals surface area (Å²) in [7, 11) is -7.13. The summed E-state index contributed by atoms with van der Waals surface area (Å²) in [6, 6.07) is 10.3. The molecule has 0 amide bonds. The molecule has 0 unspecified atom stereocenters. The Labute approximate surface area is 161 Å². The van der Waals surface area contributed by atoms with Crippen molar-refractivity contribution in [3.63, 3.8) is 0 Å². The van der Waals surface area contributed by atoms with Gasteiger partial charge in [-0.2, -0.15) is 0 Å². The van der Waals surface area contributed by atoms with E-state index in [2.05, 4.69) is 4.72 Å². The molecule has 2 aromatic rings. The average Bonchev–Trinajstić information content (AvgIpc) is 2.56. The van der Waals surface area contributed by atoms with E-state index in [9.17, 15) is 16.8 Å². The predicted molar refractivity (Wildman–Crippen MR) is 108 cm³/mol. The lowest BCUT2D eigenvalue weighted by atomic mass is 10.1. The van der Waals surface area contributed by atoms with Gasteiger partial charge in [0.25, 0.3) is 10.0 Å². The molecule has 0 aliphatic carbocycles. The average molecular weight is 409 g/mol. The summed E-state index contributed by atoms with van der Waals surface area (Å²) in [6.45, 7) is 5.74. The lowest BCUT2D eigenvalue weighted by molar-refractivity contribution is 0.574. The second-order valence-corrected chi connectivity index (χ2v) is 10.6. The Hall–Kier alpha value is -2.06. The highest BCUT2D eigenvalue weighted by atomic mass is 32.2. The monoisotopic (exact) mass is 408 g/mol. The Bertz CT molecular complexity index is 1080. The van der Waals surface area contributed by atoms with Crippen LogP contribution in [0.1, 0.15) is 29.5 Å². The third kappa shape index (κ3) is 4.11. The van der Waals surface area contributed by atoms with Gasteiger partial charge in [0.1, 0.15) is 0 Å². The Kier molecular flexibility index (Phi) is 5.22. The number of sulfonamides is 2. The topological polar surface area (TPSA) is 83.6 Å². The van der Waals surface area contributed by atoms with Gasteiger partial charge in [-0.1, -0.05) is 12.1 Å². The van der Waals surface area contributed by atoms with Crippen molar-refractivity contribution in [1.82, 2.24) is 0 Å². The number of rotatable bonds is 4. The molecule has 0 spiro atoms. The van der Waals surface area contributed by atoms with Crippen molar-refractivity contribution in [2.24, 2.45) is 0 Å². The van der Waals surface area contributed by atoms with Crippen LogP contribution in [0, 0.1) is 20.8 Å². The molecule has 1 fully saturated rings. The molecule has 0 saturated carbocycles. The maximum atomic E-state index is 12.9. The van der Waals surface area contributed by atoms with Crippen LogP contribution in [-0.4, -0.2) is 29.1 Å². The van der Waals surface area contributed by atoms with Crippen LogP contribution in [-0.2, 0) is 20.0 Å². The Morgan fingerprint density at radius 3 is 2.41 bits per heavy atom. The molecule has 0 radical (unpaired) electrons. The van der Waals surface area contributed by atoms with Gasteiger partial charge < -0.3 is 0 Å². The Morgan fingerprint density at radius 2 is 1.74 bits per heavy atom. The molecule has 0 bridgehead atoms. The van der Waals surface area contributed by atoms with Crippen molar-refractivity contribution in [3.05, 3.63) is 53.1 Å². The van der Waals surface area contributed by atoms with Gasteiger partial charge in [-0.15, -0.1) is 0 Å². The number of hydrogen-bond acceptors (Lipinski definition) is 4. The van der Waals surface area contributed by atoms with Crippen LogP contribution < -0.4 is 9.03 Å². The molecule has 3 rings (SSSR count). The molecule has 2 aromatic carbocycles. The van der Waals surface area contributed by atoms with Gasteiger partial charge in [-0.3, -0.25) is 9.03 Å². The zero-order valence-electron chi connectivity index (χ0n) is 15.7. The van der Waals surface area contributed by atoms with Crippen molar-refractivity contribution in [3.8, 4) is 0 Å². The third-order valence-electron chi connectivity index (χ3n) is 4.67. The summed E-state index contributed by atoms with van der Waals surface area (Å²) in [6.07, 6.45) is 1.45. The van der Waals surface area contributed by atoms with E-state index in [1.807, 2.05) is 13.0 Å². The van der Waals surface area contributed by atoms with E-state index in [-0.39, 0.29) is 10.6 Å². The fourth-order valence-corrected chi connectivity index (χ4v) is 6.37. The highest BCUT2D eigenvalue weighted by molar-refractivity contribution is 7.93. The van der Waals surface area contributed by atoms with E-state index in [1.165, 1.54) is 4.31 Å². The van der Waals surface area contributed by atoms with Crippen molar-refractivity contribution in [1.29, 1.82) is 0 Å². The normalized spacial score (nSPS) is 16.9. The molecule has 8 heteroatoms. The predicted octanol–water partition coefficient (Wildman–Crippen LogP) is 3.34. The minimum Gasteiger partial charge on any atom is -0.280 e. The molecule has 6 nitrogen and oxygen atoms in total. The summed E-state index contributed by atoms with van der Waals surface area (Å²) in [4.78, 5) is 0.152. The minimum absolute atomic E-state index is 0.125. The number of nitrogens with zero attached hydrogens (tertiary/aromatic N) is 1. The second kappa shape index (κ2) is 7.16. The molecule has 1 aliphatic heterocycles.